The summed E-state index contributed by atoms with van der Waals surface area (Å²) in [5.74, 6) is 0.893. The Kier molecular flexibility index (Phi) is 5.55. The summed E-state index contributed by atoms with van der Waals surface area (Å²) in [7, 11) is 0. The molecular formula is C15H22N4O. The van der Waals surface area contributed by atoms with Crippen LogP contribution in [-0.2, 0) is 17.8 Å². The van der Waals surface area contributed by atoms with Crippen LogP contribution in [0.5, 0.6) is 0 Å². The van der Waals surface area contributed by atoms with Gasteiger partial charge in [0.25, 0.3) is 0 Å². The van der Waals surface area contributed by atoms with Crippen molar-refractivity contribution < 1.29 is 4.74 Å². The Bertz CT molecular complexity index is 524. The SMILES string of the molecule is CCOCCCn1ccnc1NCc1cnccc1C. The van der Waals surface area contributed by atoms with Crippen LogP contribution in [0.2, 0.25) is 0 Å². The van der Waals surface area contributed by atoms with Crippen molar-refractivity contribution in [2.75, 3.05) is 18.5 Å². The Labute approximate surface area is 120 Å². The molecule has 0 unspecified atom stereocenters. The number of anilines is 1. The van der Waals surface area contributed by atoms with Crippen LogP contribution in [0.25, 0.3) is 0 Å². The number of nitrogens with zero attached hydrogens (tertiary/aromatic N) is 3. The summed E-state index contributed by atoms with van der Waals surface area (Å²) in [6.45, 7) is 7.31. The summed E-state index contributed by atoms with van der Waals surface area (Å²) in [4.78, 5) is 8.50. The van der Waals surface area contributed by atoms with Crippen LogP contribution in [0.1, 0.15) is 24.5 Å². The van der Waals surface area contributed by atoms with E-state index in [1.807, 2.05) is 37.8 Å². The monoisotopic (exact) mass is 274 g/mol. The lowest BCUT2D eigenvalue weighted by Gasteiger charge is -2.11. The molecule has 0 spiro atoms. The zero-order valence-electron chi connectivity index (χ0n) is 12.2. The molecule has 0 amide bonds. The maximum absolute atomic E-state index is 5.35. The van der Waals surface area contributed by atoms with E-state index in [0.717, 1.165) is 38.7 Å². The quantitative estimate of drug-likeness (QED) is 0.752. The summed E-state index contributed by atoms with van der Waals surface area (Å²) >= 11 is 0. The Hall–Kier alpha value is -1.88. The van der Waals surface area contributed by atoms with Crippen LogP contribution >= 0.6 is 0 Å². The Morgan fingerprint density at radius 2 is 2.25 bits per heavy atom. The fourth-order valence-electron chi connectivity index (χ4n) is 1.99. The average molecular weight is 274 g/mol. The van der Waals surface area contributed by atoms with E-state index in [1.165, 1.54) is 11.1 Å². The first-order valence-electron chi connectivity index (χ1n) is 7.03. The van der Waals surface area contributed by atoms with Gasteiger partial charge in [-0.05, 0) is 37.5 Å². The van der Waals surface area contributed by atoms with Gasteiger partial charge in [0.2, 0.25) is 5.95 Å². The Balaban J connectivity index is 1.87. The largest absolute Gasteiger partial charge is 0.382 e. The smallest absolute Gasteiger partial charge is 0.203 e. The number of ether oxygens (including phenoxy) is 1. The van der Waals surface area contributed by atoms with Gasteiger partial charge in [-0.2, -0.15) is 0 Å². The van der Waals surface area contributed by atoms with E-state index in [9.17, 15) is 0 Å². The second kappa shape index (κ2) is 7.65. The molecule has 0 radical (unpaired) electrons. The van der Waals surface area contributed by atoms with Gasteiger partial charge in [-0.25, -0.2) is 4.98 Å². The predicted molar refractivity (Wildman–Crippen MR) is 79.6 cm³/mol. The first-order chi connectivity index (χ1) is 9.81. The molecule has 2 aromatic rings. The summed E-state index contributed by atoms with van der Waals surface area (Å²) in [5, 5.41) is 3.36. The van der Waals surface area contributed by atoms with Crippen LogP contribution in [0, 0.1) is 6.92 Å². The van der Waals surface area contributed by atoms with Gasteiger partial charge in [0.15, 0.2) is 0 Å². The summed E-state index contributed by atoms with van der Waals surface area (Å²) < 4.78 is 7.47. The molecule has 5 nitrogen and oxygen atoms in total. The van der Waals surface area contributed by atoms with Crippen molar-refractivity contribution in [2.45, 2.75) is 33.4 Å². The third-order valence-electron chi connectivity index (χ3n) is 3.19. The number of aromatic nitrogens is 3. The van der Waals surface area contributed by atoms with Crippen molar-refractivity contribution in [2.24, 2.45) is 0 Å². The van der Waals surface area contributed by atoms with Gasteiger partial charge in [0.05, 0.1) is 0 Å². The third kappa shape index (κ3) is 4.06. The molecule has 2 heterocycles. The van der Waals surface area contributed by atoms with Crippen LogP contribution < -0.4 is 5.32 Å². The van der Waals surface area contributed by atoms with Crippen molar-refractivity contribution >= 4 is 5.95 Å². The standard InChI is InChI=1S/C15H22N4O/c1-3-20-10-4-8-19-9-7-17-15(19)18-12-14-11-16-6-5-13(14)2/h5-7,9,11H,3-4,8,10,12H2,1-2H3,(H,17,18). The fraction of sp³-hybridized carbons (Fsp3) is 0.467. The van der Waals surface area contributed by atoms with Gasteiger partial charge in [0, 0.05) is 51.1 Å². The van der Waals surface area contributed by atoms with Crippen molar-refractivity contribution in [3.63, 3.8) is 0 Å². The van der Waals surface area contributed by atoms with E-state index < -0.39 is 0 Å². The van der Waals surface area contributed by atoms with Crippen LogP contribution in [0.4, 0.5) is 5.95 Å². The molecule has 5 heteroatoms. The number of imidazole rings is 1. The molecule has 0 fully saturated rings. The van der Waals surface area contributed by atoms with Gasteiger partial charge >= 0.3 is 0 Å². The lowest BCUT2D eigenvalue weighted by Crippen LogP contribution is -2.09. The highest BCUT2D eigenvalue weighted by atomic mass is 16.5. The maximum Gasteiger partial charge on any atom is 0.203 e. The second-order valence-electron chi connectivity index (χ2n) is 4.65. The van der Waals surface area contributed by atoms with Crippen LogP contribution in [0.15, 0.2) is 30.9 Å². The molecule has 20 heavy (non-hydrogen) atoms. The van der Waals surface area contributed by atoms with E-state index in [4.69, 9.17) is 4.74 Å². The van der Waals surface area contributed by atoms with Gasteiger partial charge in [-0.1, -0.05) is 0 Å². The zero-order valence-corrected chi connectivity index (χ0v) is 12.2. The molecule has 0 aromatic carbocycles. The summed E-state index contributed by atoms with van der Waals surface area (Å²) in [6, 6.07) is 2.02. The minimum Gasteiger partial charge on any atom is -0.382 e. The molecule has 0 atom stereocenters. The third-order valence-corrected chi connectivity index (χ3v) is 3.19. The molecule has 0 saturated carbocycles. The first kappa shape index (κ1) is 14.5. The minimum absolute atomic E-state index is 0.738. The van der Waals surface area contributed by atoms with E-state index in [1.54, 1.807) is 0 Å². The van der Waals surface area contributed by atoms with Gasteiger partial charge in [-0.15, -0.1) is 0 Å². The van der Waals surface area contributed by atoms with Crippen LogP contribution in [0.3, 0.4) is 0 Å². The molecule has 108 valence electrons. The Morgan fingerprint density at radius 3 is 3.05 bits per heavy atom. The van der Waals surface area contributed by atoms with Gasteiger partial charge in [0.1, 0.15) is 0 Å². The topological polar surface area (TPSA) is 52.0 Å². The molecular weight excluding hydrogens is 252 g/mol. The molecule has 2 rings (SSSR count). The number of hydrogen-bond acceptors (Lipinski definition) is 4. The van der Waals surface area contributed by atoms with Crippen LogP contribution in [-0.4, -0.2) is 27.7 Å². The van der Waals surface area contributed by atoms with Crippen molar-refractivity contribution in [3.05, 3.63) is 42.0 Å². The van der Waals surface area contributed by atoms with Crippen molar-refractivity contribution in [1.82, 2.24) is 14.5 Å². The second-order valence-corrected chi connectivity index (χ2v) is 4.65. The lowest BCUT2D eigenvalue weighted by atomic mass is 10.2. The van der Waals surface area contributed by atoms with E-state index in [0.29, 0.717) is 0 Å². The zero-order chi connectivity index (χ0) is 14.2. The highest BCUT2D eigenvalue weighted by Crippen LogP contribution is 2.10. The molecule has 2 aromatic heterocycles. The number of aryl methyl sites for hydroxylation is 2. The lowest BCUT2D eigenvalue weighted by molar-refractivity contribution is 0.142. The van der Waals surface area contributed by atoms with Crippen molar-refractivity contribution in [1.29, 1.82) is 0 Å². The molecule has 0 saturated heterocycles. The number of rotatable bonds is 8. The molecule has 0 aliphatic rings. The highest BCUT2D eigenvalue weighted by molar-refractivity contribution is 5.30. The average Bonchev–Trinajstić information content (AvgIpc) is 2.90. The van der Waals surface area contributed by atoms with E-state index in [2.05, 4.69) is 26.8 Å². The molecule has 1 N–H and O–H groups in total. The summed E-state index contributed by atoms with van der Waals surface area (Å²) in [6.07, 6.45) is 8.51. The molecule has 0 aliphatic heterocycles. The van der Waals surface area contributed by atoms with E-state index in [-0.39, 0.29) is 0 Å². The van der Waals surface area contributed by atoms with E-state index >= 15 is 0 Å². The number of hydrogen-bond donors (Lipinski definition) is 1. The maximum atomic E-state index is 5.35. The minimum atomic E-state index is 0.738. The molecule has 0 bridgehead atoms. The normalized spacial score (nSPS) is 10.7. The molecule has 0 aliphatic carbocycles. The summed E-state index contributed by atoms with van der Waals surface area (Å²) in [5.41, 5.74) is 2.43. The Morgan fingerprint density at radius 1 is 1.35 bits per heavy atom. The highest BCUT2D eigenvalue weighted by Gasteiger charge is 2.03. The number of pyridine rings is 1. The fourth-order valence-corrected chi connectivity index (χ4v) is 1.99. The van der Waals surface area contributed by atoms with Gasteiger partial charge < -0.3 is 14.6 Å². The van der Waals surface area contributed by atoms with Gasteiger partial charge in [-0.3, -0.25) is 4.98 Å². The van der Waals surface area contributed by atoms with Crippen molar-refractivity contribution in [3.8, 4) is 0 Å². The predicted octanol–water partition coefficient (Wildman–Crippen LogP) is 2.63. The first-order valence-corrected chi connectivity index (χ1v) is 7.03. The number of nitrogens with one attached hydrogen (secondary N) is 1.